The third-order valence-electron chi connectivity index (χ3n) is 3.32. The summed E-state index contributed by atoms with van der Waals surface area (Å²) in [6.45, 7) is 3.16. The molecule has 1 aromatic heterocycles. The van der Waals surface area contributed by atoms with Gasteiger partial charge in [0.05, 0.1) is 31.3 Å². The lowest BCUT2D eigenvalue weighted by Crippen LogP contribution is -2.30. The molecule has 2 atom stereocenters. The molecule has 0 aliphatic heterocycles. The first-order valence-electron chi connectivity index (χ1n) is 7.63. The van der Waals surface area contributed by atoms with E-state index in [1.165, 1.54) is 25.3 Å². The molecule has 1 aromatic carbocycles. The fourth-order valence-corrected chi connectivity index (χ4v) is 3.36. The lowest BCUT2D eigenvalue weighted by molar-refractivity contribution is -0.123. The maximum atomic E-state index is 12.4. The number of nitrogens with one attached hydrogen (secondary N) is 1. The van der Waals surface area contributed by atoms with Crippen molar-refractivity contribution in [1.82, 2.24) is 4.98 Å². The maximum absolute atomic E-state index is 12.4. The number of ether oxygens (including phenoxy) is 1. The van der Waals surface area contributed by atoms with Crippen molar-refractivity contribution in [1.29, 1.82) is 0 Å². The molecule has 0 radical (unpaired) electrons. The van der Waals surface area contributed by atoms with Crippen LogP contribution in [-0.4, -0.2) is 32.9 Å². The van der Waals surface area contributed by atoms with Crippen molar-refractivity contribution in [3.8, 4) is 0 Å². The second kappa shape index (κ2) is 9.12. The third-order valence-corrected chi connectivity index (χ3v) is 5.18. The van der Waals surface area contributed by atoms with Crippen LogP contribution in [0.4, 0.5) is 5.82 Å². The number of pyridine rings is 1. The van der Waals surface area contributed by atoms with Crippen LogP contribution >= 0.6 is 23.2 Å². The largest absolute Gasteiger partial charge is 0.449 e. The zero-order chi connectivity index (χ0) is 19.3. The monoisotopic (exact) mass is 414 g/mol. The Kier molecular flexibility index (Phi) is 7.14. The van der Waals surface area contributed by atoms with Crippen LogP contribution in [-0.2, 0) is 20.3 Å². The Balaban J connectivity index is 2.09. The molecular weight excluding hydrogens is 399 g/mol. The first-order chi connectivity index (χ1) is 12.3. The Labute approximate surface area is 163 Å². The van der Waals surface area contributed by atoms with Crippen molar-refractivity contribution < 1.29 is 18.5 Å². The summed E-state index contributed by atoms with van der Waals surface area (Å²) in [5, 5.41) is 2.95. The van der Waals surface area contributed by atoms with Gasteiger partial charge in [0, 0.05) is 11.9 Å². The van der Waals surface area contributed by atoms with Gasteiger partial charge in [0.15, 0.2) is 11.9 Å². The van der Waals surface area contributed by atoms with E-state index in [4.69, 9.17) is 27.9 Å². The Hall–Kier alpha value is -1.96. The Morgan fingerprint density at radius 2 is 2.00 bits per heavy atom. The predicted molar refractivity (Wildman–Crippen MR) is 101 cm³/mol. The predicted octanol–water partition coefficient (Wildman–Crippen LogP) is 3.70. The molecule has 0 saturated carbocycles. The molecule has 1 N–H and O–H groups in total. The number of carbonyl (C=O) groups excluding carboxylic acids is 2. The normalized spacial score (nSPS) is 12.9. The number of esters is 1. The highest BCUT2D eigenvalue weighted by Crippen LogP contribution is 2.23. The molecule has 6 nitrogen and oxygen atoms in total. The minimum Gasteiger partial charge on any atom is -0.449 e. The summed E-state index contributed by atoms with van der Waals surface area (Å²) in [4.78, 5) is 28.9. The molecule has 138 valence electrons. The summed E-state index contributed by atoms with van der Waals surface area (Å²) < 4.78 is 17.2. The van der Waals surface area contributed by atoms with Crippen LogP contribution in [0.5, 0.6) is 0 Å². The van der Waals surface area contributed by atoms with Gasteiger partial charge in [-0.05, 0) is 25.1 Å². The number of halogens is 2. The van der Waals surface area contributed by atoms with Crippen molar-refractivity contribution in [2.45, 2.75) is 24.8 Å². The molecule has 9 heteroatoms. The lowest BCUT2D eigenvalue weighted by atomic mass is 10.2. The third kappa shape index (κ3) is 5.03. The molecule has 0 aliphatic carbocycles. The topological polar surface area (TPSA) is 85.4 Å². The van der Waals surface area contributed by atoms with Gasteiger partial charge in [-0.25, -0.2) is 9.78 Å². The van der Waals surface area contributed by atoms with Crippen LogP contribution in [0, 0.1) is 0 Å². The highest BCUT2D eigenvalue weighted by Gasteiger charge is 2.23. The molecular formula is C17H16Cl2N2O4S. The summed E-state index contributed by atoms with van der Waals surface area (Å²) in [5.74, 6) is -0.873. The number of benzene rings is 1. The Morgan fingerprint density at radius 1 is 1.31 bits per heavy atom. The zero-order valence-corrected chi connectivity index (χ0v) is 16.3. The highest BCUT2D eigenvalue weighted by molar-refractivity contribution is 7.85. The van der Waals surface area contributed by atoms with E-state index in [-0.39, 0.29) is 16.4 Å². The van der Waals surface area contributed by atoms with E-state index in [9.17, 15) is 13.8 Å². The maximum Gasteiger partial charge on any atom is 0.340 e. The summed E-state index contributed by atoms with van der Waals surface area (Å²) in [6, 6.07) is 7.85. The van der Waals surface area contributed by atoms with Crippen molar-refractivity contribution >= 4 is 51.7 Å². The van der Waals surface area contributed by atoms with Gasteiger partial charge in [-0.2, -0.15) is 0 Å². The molecule has 2 rings (SSSR count). The van der Waals surface area contributed by atoms with Gasteiger partial charge in [0.2, 0.25) is 0 Å². The standard InChI is InChI=1S/C17H16Cl2N2O4S/c1-3-26(24)14-7-5-4-6-12(14)17(23)25-10(2)16(22)21-15-13(19)8-11(18)9-20-15/h4-10H,3H2,1-2H3,(H,20,21,22). The first-order valence-corrected chi connectivity index (χ1v) is 9.71. The van der Waals surface area contributed by atoms with E-state index in [1.54, 1.807) is 25.1 Å². The minimum absolute atomic E-state index is 0.108. The van der Waals surface area contributed by atoms with Crippen molar-refractivity contribution in [2.75, 3.05) is 11.1 Å². The number of hydrogen-bond donors (Lipinski definition) is 1. The molecule has 26 heavy (non-hydrogen) atoms. The van der Waals surface area contributed by atoms with Crippen LogP contribution in [0.25, 0.3) is 0 Å². The van der Waals surface area contributed by atoms with Gasteiger partial charge in [-0.3, -0.25) is 9.00 Å². The van der Waals surface area contributed by atoms with Crippen molar-refractivity contribution in [2.24, 2.45) is 0 Å². The van der Waals surface area contributed by atoms with Crippen LogP contribution < -0.4 is 5.32 Å². The molecule has 2 unspecified atom stereocenters. The second-order valence-electron chi connectivity index (χ2n) is 5.15. The van der Waals surface area contributed by atoms with E-state index in [1.807, 2.05) is 0 Å². The van der Waals surface area contributed by atoms with E-state index in [2.05, 4.69) is 10.3 Å². The molecule has 1 amide bonds. The SMILES string of the molecule is CCS(=O)c1ccccc1C(=O)OC(C)C(=O)Nc1ncc(Cl)cc1Cl. The minimum atomic E-state index is -1.33. The number of amides is 1. The van der Waals surface area contributed by atoms with Crippen LogP contribution in [0.15, 0.2) is 41.4 Å². The summed E-state index contributed by atoms with van der Waals surface area (Å²) in [7, 11) is -1.33. The first kappa shape index (κ1) is 20.4. The van der Waals surface area contributed by atoms with Gasteiger partial charge < -0.3 is 10.1 Å². The van der Waals surface area contributed by atoms with Gasteiger partial charge in [0.25, 0.3) is 5.91 Å². The Morgan fingerprint density at radius 3 is 2.65 bits per heavy atom. The smallest absolute Gasteiger partial charge is 0.340 e. The highest BCUT2D eigenvalue weighted by atomic mass is 35.5. The Bertz CT molecular complexity index is 860. The quantitative estimate of drug-likeness (QED) is 0.728. The fourth-order valence-electron chi connectivity index (χ4n) is 1.99. The summed E-state index contributed by atoms with van der Waals surface area (Å²) >= 11 is 11.7. The lowest BCUT2D eigenvalue weighted by Gasteiger charge is -2.15. The number of rotatable bonds is 6. The fraction of sp³-hybridized carbons (Fsp3) is 0.235. The molecule has 1 heterocycles. The van der Waals surface area contributed by atoms with Crippen LogP contribution in [0.2, 0.25) is 10.0 Å². The van der Waals surface area contributed by atoms with E-state index < -0.39 is 28.8 Å². The van der Waals surface area contributed by atoms with Crippen LogP contribution in [0.3, 0.4) is 0 Å². The molecule has 2 aromatic rings. The van der Waals surface area contributed by atoms with Gasteiger partial charge >= 0.3 is 5.97 Å². The molecule has 0 bridgehead atoms. The van der Waals surface area contributed by atoms with E-state index in [0.717, 1.165) is 0 Å². The van der Waals surface area contributed by atoms with E-state index >= 15 is 0 Å². The van der Waals surface area contributed by atoms with Gasteiger partial charge in [-0.15, -0.1) is 0 Å². The number of hydrogen-bond acceptors (Lipinski definition) is 5. The average molecular weight is 415 g/mol. The summed E-state index contributed by atoms with van der Waals surface area (Å²) in [5.41, 5.74) is 0.162. The zero-order valence-electron chi connectivity index (χ0n) is 14.0. The van der Waals surface area contributed by atoms with Crippen molar-refractivity contribution in [3.05, 3.63) is 52.1 Å². The number of carbonyl (C=O) groups is 2. The molecule has 0 spiro atoms. The number of nitrogens with zero attached hydrogens (tertiary/aromatic N) is 1. The molecule has 0 saturated heterocycles. The molecule has 0 aliphatic rings. The van der Waals surface area contributed by atoms with E-state index in [0.29, 0.717) is 15.7 Å². The van der Waals surface area contributed by atoms with Gasteiger partial charge in [0.1, 0.15) is 0 Å². The van der Waals surface area contributed by atoms with Gasteiger partial charge in [-0.1, -0.05) is 42.3 Å². The summed E-state index contributed by atoms with van der Waals surface area (Å²) in [6.07, 6.45) is 0.218. The average Bonchev–Trinajstić information content (AvgIpc) is 2.63. The van der Waals surface area contributed by atoms with Crippen LogP contribution in [0.1, 0.15) is 24.2 Å². The molecule has 0 fully saturated rings. The number of aromatic nitrogens is 1. The van der Waals surface area contributed by atoms with Crippen molar-refractivity contribution in [3.63, 3.8) is 0 Å². The number of anilines is 1. The second-order valence-corrected chi connectivity index (χ2v) is 7.70.